The van der Waals surface area contributed by atoms with Crippen LogP contribution in [0.4, 0.5) is 0 Å². The molecule has 0 amide bonds. The maximum absolute atomic E-state index is 13.1. The van der Waals surface area contributed by atoms with Crippen LogP contribution in [0.2, 0.25) is 10.0 Å². The Kier molecular flexibility index (Phi) is 9.49. The third-order valence-corrected chi connectivity index (χ3v) is 7.07. The van der Waals surface area contributed by atoms with Crippen molar-refractivity contribution in [3.63, 3.8) is 0 Å². The Morgan fingerprint density at radius 2 is 1.78 bits per heavy atom. The van der Waals surface area contributed by atoms with E-state index in [0.29, 0.717) is 16.6 Å². The van der Waals surface area contributed by atoms with Crippen LogP contribution < -0.4 is 0 Å². The molecule has 1 aromatic carbocycles. The first-order valence-corrected chi connectivity index (χ1v) is 10.8. The quantitative estimate of drug-likeness (QED) is 0.565. The first-order valence-electron chi connectivity index (χ1n) is 8.69. The molecule has 1 atom stereocenters. The molecule has 27 heavy (non-hydrogen) atoms. The number of rotatable bonds is 10. The number of nitrogens with zero attached hydrogens (tertiary/aromatic N) is 4. The Bertz CT molecular complexity index is 755. The average molecular weight is 435 g/mol. The van der Waals surface area contributed by atoms with E-state index in [2.05, 4.69) is 13.8 Å². The predicted molar refractivity (Wildman–Crippen MR) is 111 cm³/mol. The summed E-state index contributed by atoms with van der Waals surface area (Å²) in [4.78, 5) is 2.03. The lowest BCUT2D eigenvalue weighted by molar-refractivity contribution is 0.186. The van der Waals surface area contributed by atoms with Crippen LogP contribution in [0.3, 0.4) is 0 Å². The number of halogens is 2. The van der Waals surface area contributed by atoms with Crippen molar-refractivity contribution in [2.45, 2.75) is 32.9 Å². The molecule has 0 N–H and O–H groups in total. The van der Waals surface area contributed by atoms with Crippen molar-refractivity contribution < 1.29 is 8.42 Å². The number of hydrogen-bond acceptors (Lipinski definition) is 4. The minimum atomic E-state index is -3.74. The van der Waals surface area contributed by atoms with Gasteiger partial charge in [-0.05, 0) is 37.7 Å². The summed E-state index contributed by atoms with van der Waals surface area (Å²) in [6.45, 7) is 4.77. The fourth-order valence-electron chi connectivity index (χ4n) is 2.78. The predicted octanol–water partition coefficient (Wildman–Crippen LogP) is 3.47. The molecule has 0 bridgehead atoms. The van der Waals surface area contributed by atoms with E-state index in [0.717, 1.165) is 5.56 Å². The molecule has 1 unspecified atom stereocenters. The van der Waals surface area contributed by atoms with Crippen LogP contribution in [0.1, 0.15) is 25.8 Å². The van der Waals surface area contributed by atoms with Crippen LogP contribution in [0.5, 0.6) is 0 Å². The third kappa shape index (κ3) is 6.90. The summed E-state index contributed by atoms with van der Waals surface area (Å²) in [5.41, 5.74) is 0.753. The molecule has 0 aliphatic carbocycles. The zero-order chi connectivity index (χ0) is 20.8. The smallest absolute Gasteiger partial charge is 0.282 e. The van der Waals surface area contributed by atoms with Gasteiger partial charge in [-0.3, -0.25) is 0 Å². The fraction of sp³-hybridized carbons (Fsp3) is 0.611. The Balaban J connectivity index is 3.21. The standard InChI is InChI=1S/C18H28Cl2N4O2S/c1-14(2)18(22(3)4)13-24(27(25,26)23(5)10-6-9-21)12-15-7-8-16(19)17(20)11-15/h7-8,11,14,18H,6,10,12-13H2,1-5H3. The van der Waals surface area contributed by atoms with Crippen molar-refractivity contribution in [2.24, 2.45) is 5.92 Å². The van der Waals surface area contributed by atoms with E-state index in [-0.39, 0.29) is 31.5 Å². The van der Waals surface area contributed by atoms with Crippen molar-refractivity contribution in [3.05, 3.63) is 33.8 Å². The van der Waals surface area contributed by atoms with Crippen LogP contribution in [0.25, 0.3) is 0 Å². The van der Waals surface area contributed by atoms with Crippen LogP contribution in [0, 0.1) is 17.2 Å². The zero-order valence-corrected chi connectivity index (χ0v) is 18.8. The van der Waals surface area contributed by atoms with Crippen LogP contribution in [0.15, 0.2) is 18.2 Å². The zero-order valence-electron chi connectivity index (χ0n) is 16.5. The van der Waals surface area contributed by atoms with Gasteiger partial charge >= 0.3 is 0 Å². The number of hydrogen-bond donors (Lipinski definition) is 0. The van der Waals surface area contributed by atoms with Gasteiger partial charge in [0.1, 0.15) is 0 Å². The highest BCUT2D eigenvalue weighted by atomic mass is 35.5. The Morgan fingerprint density at radius 3 is 2.26 bits per heavy atom. The average Bonchev–Trinajstić information content (AvgIpc) is 2.58. The summed E-state index contributed by atoms with van der Waals surface area (Å²) in [5, 5.41) is 9.60. The van der Waals surface area contributed by atoms with Gasteiger partial charge in [-0.25, -0.2) is 0 Å². The largest absolute Gasteiger partial charge is 0.305 e. The maximum atomic E-state index is 13.1. The molecule has 0 aromatic heterocycles. The van der Waals surface area contributed by atoms with E-state index in [1.807, 2.05) is 25.1 Å². The Labute approximate surface area is 173 Å². The highest BCUT2D eigenvalue weighted by Gasteiger charge is 2.31. The molecular formula is C18H28Cl2N4O2S. The molecule has 9 heteroatoms. The molecule has 1 rings (SSSR count). The van der Waals surface area contributed by atoms with Crippen molar-refractivity contribution in [3.8, 4) is 6.07 Å². The molecular weight excluding hydrogens is 407 g/mol. The molecule has 0 fully saturated rings. The summed E-state index contributed by atoms with van der Waals surface area (Å²) in [6.07, 6.45) is 0.137. The topological polar surface area (TPSA) is 67.6 Å². The summed E-state index contributed by atoms with van der Waals surface area (Å²) in [6, 6.07) is 7.13. The summed E-state index contributed by atoms with van der Waals surface area (Å²) in [7, 11) is 1.63. The van der Waals surface area contributed by atoms with Crippen LogP contribution in [-0.4, -0.2) is 62.2 Å². The summed E-state index contributed by atoms with van der Waals surface area (Å²) in [5.74, 6) is 0.260. The number of nitriles is 1. The van der Waals surface area contributed by atoms with Crippen LogP contribution in [-0.2, 0) is 16.8 Å². The molecule has 0 radical (unpaired) electrons. The second-order valence-corrected chi connectivity index (χ2v) is 9.90. The fourth-order valence-corrected chi connectivity index (χ4v) is 4.47. The van der Waals surface area contributed by atoms with Gasteiger partial charge in [-0.1, -0.05) is 43.1 Å². The van der Waals surface area contributed by atoms with Gasteiger partial charge in [0.05, 0.1) is 16.1 Å². The summed E-state index contributed by atoms with van der Waals surface area (Å²) >= 11 is 12.1. The van der Waals surface area contributed by atoms with E-state index < -0.39 is 10.2 Å². The molecule has 0 spiro atoms. The van der Waals surface area contributed by atoms with E-state index in [1.54, 1.807) is 18.2 Å². The molecule has 6 nitrogen and oxygen atoms in total. The molecule has 0 aliphatic heterocycles. The van der Waals surface area contributed by atoms with Gasteiger partial charge in [-0.2, -0.15) is 22.3 Å². The number of likely N-dealkylation sites (N-methyl/N-ethyl adjacent to an activating group) is 1. The molecule has 1 aromatic rings. The minimum Gasteiger partial charge on any atom is -0.305 e. The molecule has 0 saturated carbocycles. The third-order valence-electron chi connectivity index (χ3n) is 4.43. The van der Waals surface area contributed by atoms with E-state index in [1.165, 1.54) is 15.7 Å². The Hall–Kier alpha value is -0.880. The number of benzene rings is 1. The lowest BCUT2D eigenvalue weighted by atomic mass is 10.0. The SMILES string of the molecule is CC(C)C(CN(Cc1ccc(Cl)c(Cl)c1)S(=O)(=O)N(C)CCC#N)N(C)C. The Morgan fingerprint density at radius 1 is 1.15 bits per heavy atom. The molecule has 0 heterocycles. The highest BCUT2D eigenvalue weighted by molar-refractivity contribution is 7.86. The molecule has 152 valence electrons. The lowest BCUT2D eigenvalue weighted by Crippen LogP contribution is -2.49. The van der Waals surface area contributed by atoms with Crippen molar-refractivity contribution in [2.75, 3.05) is 34.2 Å². The maximum Gasteiger partial charge on any atom is 0.282 e. The normalized spacial score (nSPS) is 13.6. The van der Waals surface area contributed by atoms with E-state index in [9.17, 15) is 8.42 Å². The monoisotopic (exact) mass is 434 g/mol. The second-order valence-electron chi connectivity index (χ2n) is 7.05. The van der Waals surface area contributed by atoms with Gasteiger partial charge < -0.3 is 4.90 Å². The second kappa shape index (κ2) is 10.6. The van der Waals surface area contributed by atoms with Crippen molar-refractivity contribution in [1.82, 2.24) is 13.5 Å². The van der Waals surface area contributed by atoms with Crippen molar-refractivity contribution in [1.29, 1.82) is 5.26 Å². The van der Waals surface area contributed by atoms with E-state index in [4.69, 9.17) is 28.5 Å². The van der Waals surface area contributed by atoms with Gasteiger partial charge in [0.15, 0.2) is 0 Å². The first-order chi connectivity index (χ1) is 12.5. The molecule has 0 saturated heterocycles. The van der Waals surface area contributed by atoms with Crippen molar-refractivity contribution >= 4 is 33.4 Å². The van der Waals surface area contributed by atoms with Gasteiger partial charge in [0, 0.05) is 39.1 Å². The van der Waals surface area contributed by atoms with Gasteiger partial charge in [0.2, 0.25) is 0 Å². The lowest BCUT2D eigenvalue weighted by Gasteiger charge is -2.35. The first kappa shape index (κ1) is 24.2. The van der Waals surface area contributed by atoms with Crippen LogP contribution >= 0.6 is 23.2 Å². The molecule has 0 aliphatic rings. The van der Waals surface area contributed by atoms with Gasteiger partial charge in [0.25, 0.3) is 10.2 Å². The minimum absolute atomic E-state index is 0.0342. The summed E-state index contributed by atoms with van der Waals surface area (Å²) < 4.78 is 28.9. The highest BCUT2D eigenvalue weighted by Crippen LogP contribution is 2.25. The van der Waals surface area contributed by atoms with E-state index >= 15 is 0 Å². The van der Waals surface area contributed by atoms with Gasteiger partial charge in [-0.15, -0.1) is 0 Å².